The number of nitrogens with zero attached hydrogens (tertiary/aromatic N) is 3. The standard InChI is InChI=1S/C20H21ClN4O3S/c1-13-19(21)14(2)25(23-13)17-10-8-15(9-11-17)20(26)22-16-6-5-7-18(12-16)29(27,28)24(3)4/h5-12H,1-4H3,(H,22,26). The van der Waals surface area contributed by atoms with E-state index in [1.807, 2.05) is 13.8 Å². The van der Waals surface area contributed by atoms with Crippen molar-refractivity contribution in [1.82, 2.24) is 14.1 Å². The molecule has 1 aromatic heterocycles. The van der Waals surface area contributed by atoms with Crippen molar-refractivity contribution >= 4 is 33.2 Å². The summed E-state index contributed by atoms with van der Waals surface area (Å²) in [6.07, 6.45) is 0. The average molecular weight is 433 g/mol. The number of benzene rings is 2. The Hall–Kier alpha value is -2.68. The van der Waals surface area contributed by atoms with Crippen LogP contribution in [0.5, 0.6) is 0 Å². The highest BCUT2D eigenvalue weighted by molar-refractivity contribution is 7.89. The van der Waals surface area contributed by atoms with Gasteiger partial charge in [-0.05, 0) is 56.3 Å². The molecule has 152 valence electrons. The number of nitrogens with one attached hydrogen (secondary N) is 1. The highest BCUT2D eigenvalue weighted by Crippen LogP contribution is 2.23. The third kappa shape index (κ3) is 4.19. The molecule has 0 aliphatic heterocycles. The number of anilines is 1. The minimum atomic E-state index is -3.58. The van der Waals surface area contributed by atoms with Crippen LogP contribution in [0.25, 0.3) is 5.69 Å². The van der Waals surface area contributed by atoms with Gasteiger partial charge in [0.1, 0.15) is 0 Å². The minimum absolute atomic E-state index is 0.108. The molecule has 3 rings (SSSR count). The minimum Gasteiger partial charge on any atom is -0.322 e. The van der Waals surface area contributed by atoms with E-state index in [-0.39, 0.29) is 10.8 Å². The smallest absolute Gasteiger partial charge is 0.255 e. The fourth-order valence-electron chi connectivity index (χ4n) is 2.78. The number of sulfonamides is 1. The first kappa shape index (κ1) is 21.0. The Labute approximate surface area is 175 Å². The van der Waals surface area contributed by atoms with Gasteiger partial charge in [-0.3, -0.25) is 4.79 Å². The molecule has 0 saturated carbocycles. The predicted molar refractivity (Wildman–Crippen MR) is 113 cm³/mol. The fraction of sp³-hybridized carbons (Fsp3) is 0.200. The summed E-state index contributed by atoms with van der Waals surface area (Å²) in [5.74, 6) is -0.345. The molecule has 3 aromatic rings. The number of hydrogen-bond donors (Lipinski definition) is 1. The second kappa shape index (κ2) is 7.98. The van der Waals surface area contributed by atoms with E-state index in [0.29, 0.717) is 16.3 Å². The molecule has 29 heavy (non-hydrogen) atoms. The summed E-state index contributed by atoms with van der Waals surface area (Å²) in [4.78, 5) is 12.7. The van der Waals surface area contributed by atoms with Crippen molar-refractivity contribution in [3.63, 3.8) is 0 Å². The van der Waals surface area contributed by atoms with E-state index < -0.39 is 10.0 Å². The Balaban J connectivity index is 1.81. The van der Waals surface area contributed by atoms with Crippen LogP contribution in [-0.4, -0.2) is 42.5 Å². The number of halogens is 1. The van der Waals surface area contributed by atoms with Crippen LogP contribution in [-0.2, 0) is 10.0 Å². The van der Waals surface area contributed by atoms with Crippen molar-refractivity contribution < 1.29 is 13.2 Å². The molecule has 1 N–H and O–H groups in total. The summed E-state index contributed by atoms with van der Waals surface area (Å²) in [6, 6.07) is 13.0. The molecule has 2 aromatic carbocycles. The molecule has 0 saturated heterocycles. The van der Waals surface area contributed by atoms with Crippen molar-refractivity contribution in [2.45, 2.75) is 18.7 Å². The Morgan fingerprint density at radius 2 is 1.76 bits per heavy atom. The number of carbonyl (C=O) groups excluding carboxylic acids is 1. The van der Waals surface area contributed by atoms with Crippen molar-refractivity contribution in [3.8, 4) is 5.69 Å². The molecular weight excluding hydrogens is 412 g/mol. The highest BCUT2D eigenvalue weighted by Gasteiger charge is 2.18. The first-order chi connectivity index (χ1) is 13.6. The summed E-state index contributed by atoms with van der Waals surface area (Å²) in [5.41, 5.74) is 3.17. The zero-order chi connectivity index (χ0) is 21.3. The van der Waals surface area contributed by atoms with Gasteiger partial charge >= 0.3 is 0 Å². The molecule has 1 heterocycles. The molecule has 9 heteroatoms. The second-order valence-corrected chi connectivity index (χ2v) is 9.24. The molecule has 0 unspecified atom stereocenters. The molecule has 0 aliphatic carbocycles. The summed E-state index contributed by atoms with van der Waals surface area (Å²) in [5, 5.41) is 7.73. The lowest BCUT2D eigenvalue weighted by Gasteiger charge is -2.13. The summed E-state index contributed by atoms with van der Waals surface area (Å²) in [6.45, 7) is 3.70. The Bertz CT molecular complexity index is 1170. The predicted octanol–water partition coefficient (Wildman–Crippen LogP) is 3.65. The molecule has 1 amide bonds. The molecule has 0 aliphatic rings. The molecule has 0 atom stereocenters. The van der Waals surface area contributed by atoms with Gasteiger partial charge in [-0.1, -0.05) is 17.7 Å². The lowest BCUT2D eigenvalue weighted by molar-refractivity contribution is 0.102. The van der Waals surface area contributed by atoms with Gasteiger partial charge in [-0.15, -0.1) is 0 Å². The first-order valence-corrected chi connectivity index (χ1v) is 10.6. The van der Waals surface area contributed by atoms with Crippen molar-refractivity contribution in [3.05, 3.63) is 70.5 Å². The van der Waals surface area contributed by atoms with Crippen molar-refractivity contribution in [2.24, 2.45) is 0 Å². The van der Waals surface area contributed by atoms with E-state index in [4.69, 9.17) is 11.6 Å². The quantitative estimate of drug-likeness (QED) is 0.667. The Morgan fingerprint density at radius 3 is 2.31 bits per heavy atom. The van der Waals surface area contributed by atoms with Crippen LogP contribution in [0, 0.1) is 13.8 Å². The monoisotopic (exact) mass is 432 g/mol. The largest absolute Gasteiger partial charge is 0.322 e. The van der Waals surface area contributed by atoms with E-state index >= 15 is 0 Å². The van der Waals surface area contributed by atoms with Gasteiger partial charge < -0.3 is 5.32 Å². The first-order valence-electron chi connectivity index (χ1n) is 8.77. The number of carbonyl (C=O) groups is 1. The van der Waals surface area contributed by atoms with Crippen molar-refractivity contribution in [1.29, 1.82) is 0 Å². The van der Waals surface area contributed by atoms with E-state index in [1.54, 1.807) is 41.1 Å². The maximum Gasteiger partial charge on any atom is 0.255 e. The summed E-state index contributed by atoms with van der Waals surface area (Å²) < 4.78 is 27.4. The maximum atomic E-state index is 12.6. The maximum absolute atomic E-state index is 12.6. The zero-order valence-electron chi connectivity index (χ0n) is 16.5. The van der Waals surface area contributed by atoms with Crippen LogP contribution in [0.4, 0.5) is 5.69 Å². The molecule has 0 bridgehead atoms. The molecule has 7 nitrogen and oxygen atoms in total. The van der Waals surface area contributed by atoms with E-state index in [2.05, 4.69) is 10.4 Å². The third-order valence-corrected chi connectivity index (χ3v) is 6.81. The van der Waals surface area contributed by atoms with Gasteiger partial charge in [0.25, 0.3) is 5.91 Å². The summed E-state index contributed by atoms with van der Waals surface area (Å²) in [7, 11) is -0.667. The van der Waals surface area contributed by atoms with E-state index in [9.17, 15) is 13.2 Å². The average Bonchev–Trinajstić information content (AvgIpc) is 2.95. The van der Waals surface area contributed by atoms with Crippen LogP contribution < -0.4 is 5.32 Å². The lowest BCUT2D eigenvalue weighted by atomic mass is 10.2. The van der Waals surface area contributed by atoms with Gasteiger partial charge in [0.05, 0.1) is 27.0 Å². The topological polar surface area (TPSA) is 84.3 Å². The number of hydrogen-bond acceptors (Lipinski definition) is 4. The number of aromatic nitrogens is 2. The molecule has 0 spiro atoms. The van der Waals surface area contributed by atoms with E-state index in [0.717, 1.165) is 21.4 Å². The van der Waals surface area contributed by atoms with Gasteiger partial charge in [-0.2, -0.15) is 5.10 Å². The van der Waals surface area contributed by atoms with E-state index in [1.165, 1.54) is 26.2 Å². The van der Waals surface area contributed by atoms with Crippen molar-refractivity contribution in [2.75, 3.05) is 19.4 Å². The van der Waals surface area contributed by atoms with Crippen LogP contribution in [0.3, 0.4) is 0 Å². The fourth-order valence-corrected chi connectivity index (χ4v) is 3.84. The summed E-state index contributed by atoms with van der Waals surface area (Å²) >= 11 is 6.19. The van der Waals surface area contributed by atoms with Crippen LogP contribution in [0.15, 0.2) is 53.4 Å². The van der Waals surface area contributed by atoms with Crippen LogP contribution >= 0.6 is 11.6 Å². The third-order valence-electron chi connectivity index (χ3n) is 4.45. The van der Waals surface area contributed by atoms with Gasteiger partial charge in [0, 0.05) is 25.3 Å². The number of amides is 1. The molecular formula is C20H21ClN4O3S. The van der Waals surface area contributed by atoms with Gasteiger partial charge in [0.2, 0.25) is 10.0 Å². The SMILES string of the molecule is Cc1nn(-c2ccc(C(=O)Nc3cccc(S(=O)(=O)N(C)C)c3)cc2)c(C)c1Cl. The van der Waals surface area contributed by atoms with Gasteiger partial charge in [0.15, 0.2) is 0 Å². The number of rotatable bonds is 5. The van der Waals surface area contributed by atoms with Crippen LogP contribution in [0.2, 0.25) is 5.02 Å². The molecule has 0 radical (unpaired) electrons. The Morgan fingerprint density at radius 1 is 1.10 bits per heavy atom. The van der Waals surface area contributed by atoms with Gasteiger partial charge in [-0.25, -0.2) is 17.4 Å². The second-order valence-electron chi connectivity index (χ2n) is 6.71. The van der Waals surface area contributed by atoms with Crippen LogP contribution in [0.1, 0.15) is 21.7 Å². The zero-order valence-corrected chi connectivity index (χ0v) is 18.0. The number of aryl methyl sites for hydroxylation is 1. The highest BCUT2D eigenvalue weighted by atomic mass is 35.5. The Kier molecular flexibility index (Phi) is 5.79. The normalized spacial score (nSPS) is 11.7. The molecule has 0 fully saturated rings. The lowest BCUT2D eigenvalue weighted by Crippen LogP contribution is -2.22.